The molecule has 0 aliphatic heterocycles. The molecule has 0 saturated heterocycles. The number of benzene rings is 1. The number of nitrogens with two attached hydrogens (primary N) is 1. The smallest absolute Gasteiger partial charge is 0.189 e. The van der Waals surface area contributed by atoms with Crippen molar-refractivity contribution in [1.82, 2.24) is 9.78 Å². The van der Waals surface area contributed by atoms with Gasteiger partial charge in [-0.05, 0) is 25.1 Å². The fourth-order valence-corrected chi connectivity index (χ4v) is 3.46. The van der Waals surface area contributed by atoms with E-state index in [9.17, 15) is 17.2 Å². The molecule has 0 amide bonds. The van der Waals surface area contributed by atoms with E-state index in [1.807, 2.05) is 0 Å². The monoisotopic (exact) mass is 301 g/mol. The van der Waals surface area contributed by atoms with E-state index in [2.05, 4.69) is 5.10 Å². The standard InChI is InChI=1S/C12H13F2N3O2S/c1-7-3-9(17(2)16-7)6-20(18,19)12-10(13)4-8(15)5-11(12)14/h3-5H,6,15H2,1-2H3. The molecule has 0 aliphatic rings. The zero-order valence-electron chi connectivity index (χ0n) is 10.9. The van der Waals surface area contributed by atoms with Crippen LogP contribution in [-0.4, -0.2) is 18.2 Å². The summed E-state index contributed by atoms with van der Waals surface area (Å²) in [5, 5.41) is 3.99. The Morgan fingerprint density at radius 1 is 1.25 bits per heavy atom. The highest BCUT2D eigenvalue weighted by atomic mass is 32.2. The number of hydrogen-bond acceptors (Lipinski definition) is 4. The molecule has 0 unspecified atom stereocenters. The van der Waals surface area contributed by atoms with Crippen LogP contribution in [0.25, 0.3) is 0 Å². The summed E-state index contributed by atoms with van der Waals surface area (Å²) >= 11 is 0. The molecular weight excluding hydrogens is 288 g/mol. The minimum absolute atomic E-state index is 0.171. The summed E-state index contributed by atoms with van der Waals surface area (Å²) in [4.78, 5) is -0.967. The van der Waals surface area contributed by atoms with Crippen LogP contribution in [0, 0.1) is 18.6 Å². The van der Waals surface area contributed by atoms with Crippen LogP contribution in [0.15, 0.2) is 23.1 Å². The quantitative estimate of drug-likeness (QED) is 0.873. The van der Waals surface area contributed by atoms with Gasteiger partial charge in [0.05, 0.1) is 17.1 Å². The van der Waals surface area contributed by atoms with Crippen LogP contribution in [0.4, 0.5) is 14.5 Å². The molecule has 0 fully saturated rings. The fraction of sp³-hybridized carbons (Fsp3) is 0.250. The van der Waals surface area contributed by atoms with Crippen molar-refractivity contribution in [3.05, 3.63) is 41.2 Å². The highest BCUT2D eigenvalue weighted by molar-refractivity contribution is 7.90. The lowest BCUT2D eigenvalue weighted by Gasteiger charge is -2.08. The number of nitrogen functional groups attached to an aromatic ring is 1. The first-order valence-electron chi connectivity index (χ1n) is 5.67. The van der Waals surface area contributed by atoms with E-state index in [4.69, 9.17) is 5.73 Å². The Kier molecular flexibility index (Phi) is 3.51. The van der Waals surface area contributed by atoms with E-state index >= 15 is 0 Å². The molecule has 20 heavy (non-hydrogen) atoms. The Balaban J connectivity index is 2.49. The lowest BCUT2D eigenvalue weighted by molar-refractivity contribution is 0.519. The molecule has 5 nitrogen and oxygen atoms in total. The predicted molar refractivity (Wildman–Crippen MR) is 69.6 cm³/mol. The number of rotatable bonds is 3. The van der Waals surface area contributed by atoms with Crippen LogP contribution < -0.4 is 5.73 Å². The van der Waals surface area contributed by atoms with Gasteiger partial charge in [-0.1, -0.05) is 0 Å². The molecule has 2 N–H and O–H groups in total. The van der Waals surface area contributed by atoms with Gasteiger partial charge in [0.15, 0.2) is 9.84 Å². The summed E-state index contributed by atoms with van der Waals surface area (Å²) in [6.45, 7) is 1.69. The first-order chi connectivity index (χ1) is 9.20. The van der Waals surface area contributed by atoms with Crippen LogP contribution in [0.1, 0.15) is 11.4 Å². The summed E-state index contributed by atoms with van der Waals surface area (Å²) in [5.74, 6) is -2.93. The largest absolute Gasteiger partial charge is 0.399 e. The third-order valence-electron chi connectivity index (χ3n) is 2.77. The summed E-state index contributed by atoms with van der Waals surface area (Å²) in [5.41, 5.74) is 6.06. The molecule has 1 aromatic heterocycles. The van der Waals surface area contributed by atoms with Crippen LogP contribution in [-0.2, 0) is 22.6 Å². The maximum Gasteiger partial charge on any atom is 0.189 e. The molecule has 1 heterocycles. The van der Waals surface area contributed by atoms with Crippen LogP contribution in [0.3, 0.4) is 0 Å². The predicted octanol–water partition coefficient (Wildman–Crippen LogP) is 1.56. The Bertz CT molecular complexity index is 746. The number of halogens is 2. The first kappa shape index (κ1) is 14.4. The van der Waals surface area contributed by atoms with Gasteiger partial charge in [-0.15, -0.1) is 0 Å². The van der Waals surface area contributed by atoms with Crippen LogP contribution in [0.2, 0.25) is 0 Å². The third-order valence-corrected chi connectivity index (χ3v) is 4.46. The number of anilines is 1. The Morgan fingerprint density at radius 3 is 2.25 bits per heavy atom. The van der Waals surface area contributed by atoms with Gasteiger partial charge in [0.1, 0.15) is 16.5 Å². The molecule has 0 aliphatic carbocycles. The van der Waals surface area contributed by atoms with Crippen molar-refractivity contribution >= 4 is 15.5 Å². The van der Waals surface area contributed by atoms with E-state index in [0.717, 1.165) is 12.1 Å². The molecule has 0 saturated carbocycles. The minimum Gasteiger partial charge on any atom is -0.399 e. The van der Waals surface area contributed by atoms with E-state index in [1.54, 1.807) is 20.0 Å². The Hall–Kier alpha value is -1.96. The van der Waals surface area contributed by atoms with E-state index in [-0.39, 0.29) is 5.69 Å². The summed E-state index contributed by atoms with van der Waals surface area (Å²) in [6.07, 6.45) is 0. The maximum atomic E-state index is 13.7. The van der Waals surface area contributed by atoms with Gasteiger partial charge in [-0.25, -0.2) is 17.2 Å². The average Bonchev–Trinajstić information content (AvgIpc) is 2.53. The second-order valence-electron chi connectivity index (χ2n) is 4.47. The summed E-state index contributed by atoms with van der Waals surface area (Å²) < 4.78 is 53.1. The van der Waals surface area contributed by atoms with Crippen molar-refractivity contribution in [2.75, 3.05) is 5.73 Å². The molecule has 2 aromatic rings. The molecule has 0 atom stereocenters. The number of nitrogens with zero attached hydrogens (tertiary/aromatic N) is 2. The van der Waals surface area contributed by atoms with Gasteiger partial charge in [0.25, 0.3) is 0 Å². The molecular formula is C12H13F2N3O2S. The van der Waals surface area contributed by atoms with Gasteiger partial charge in [-0.2, -0.15) is 5.10 Å². The maximum absolute atomic E-state index is 13.7. The lowest BCUT2D eigenvalue weighted by Crippen LogP contribution is -2.12. The number of aryl methyl sites for hydroxylation is 2. The Labute approximate surface area is 114 Å². The zero-order chi connectivity index (χ0) is 15.1. The van der Waals surface area contributed by atoms with Crippen LogP contribution in [0.5, 0.6) is 0 Å². The molecule has 0 radical (unpaired) electrons. The van der Waals surface area contributed by atoms with Gasteiger partial charge in [0, 0.05) is 12.7 Å². The highest BCUT2D eigenvalue weighted by Gasteiger charge is 2.26. The fourth-order valence-electron chi connectivity index (χ4n) is 1.94. The van der Waals surface area contributed by atoms with Crippen molar-refractivity contribution < 1.29 is 17.2 Å². The van der Waals surface area contributed by atoms with E-state index < -0.39 is 32.1 Å². The van der Waals surface area contributed by atoms with Gasteiger partial charge in [-0.3, -0.25) is 4.68 Å². The number of aromatic nitrogens is 2. The van der Waals surface area contributed by atoms with Crippen molar-refractivity contribution in [3.8, 4) is 0 Å². The molecule has 2 rings (SSSR count). The van der Waals surface area contributed by atoms with Crippen molar-refractivity contribution in [1.29, 1.82) is 0 Å². The summed E-state index contributed by atoms with van der Waals surface area (Å²) in [7, 11) is -2.60. The topological polar surface area (TPSA) is 78.0 Å². The van der Waals surface area contributed by atoms with E-state index in [0.29, 0.717) is 11.4 Å². The lowest BCUT2D eigenvalue weighted by atomic mass is 10.3. The number of sulfone groups is 1. The minimum atomic E-state index is -4.17. The molecule has 8 heteroatoms. The third kappa shape index (κ3) is 2.64. The SMILES string of the molecule is Cc1cc(CS(=O)(=O)c2c(F)cc(N)cc2F)n(C)n1. The first-order valence-corrected chi connectivity index (χ1v) is 7.33. The van der Waals surface area contributed by atoms with Crippen molar-refractivity contribution in [2.24, 2.45) is 7.05 Å². The van der Waals surface area contributed by atoms with Crippen molar-refractivity contribution in [2.45, 2.75) is 17.6 Å². The molecule has 108 valence electrons. The summed E-state index contributed by atoms with van der Waals surface area (Å²) in [6, 6.07) is 3.11. The molecule has 1 aromatic carbocycles. The van der Waals surface area contributed by atoms with Gasteiger partial charge < -0.3 is 5.73 Å². The average molecular weight is 301 g/mol. The second kappa shape index (κ2) is 4.86. The Morgan fingerprint density at radius 2 is 1.80 bits per heavy atom. The molecule has 0 spiro atoms. The highest BCUT2D eigenvalue weighted by Crippen LogP contribution is 2.25. The number of hydrogen-bond donors (Lipinski definition) is 1. The van der Waals surface area contributed by atoms with Crippen molar-refractivity contribution in [3.63, 3.8) is 0 Å². The van der Waals surface area contributed by atoms with E-state index in [1.165, 1.54) is 4.68 Å². The van der Waals surface area contributed by atoms with Gasteiger partial charge >= 0.3 is 0 Å². The van der Waals surface area contributed by atoms with Crippen LogP contribution >= 0.6 is 0 Å². The zero-order valence-corrected chi connectivity index (χ0v) is 11.7. The second-order valence-corrected chi connectivity index (χ2v) is 6.40. The normalized spacial score (nSPS) is 11.8. The van der Waals surface area contributed by atoms with Gasteiger partial charge in [0.2, 0.25) is 0 Å². The molecule has 0 bridgehead atoms.